The van der Waals surface area contributed by atoms with Gasteiger partial charge in [0.15, 0.2) is 11.5 Å². The Morgan fingerprint density at radius 1 is 1.10 bits per heavy atom. The summed E-state index contributed by atoms with van der Waals surface area (Å²) in [6, 6.07) is 7.26. The van der Waals surface area contributed by atoms with Gasteiger partial charge >= 0.3 is 6.18 Å². The molecule has 1 aliphatic rings. The highest BCUT2D eigenvalue weighted by Gasteiger charge is 2.34. The van der Waals surface area contributed by atoms with E-state index in [1.165, 1.54) is 6.07 Å². The van der Waals surface area contributed by atoms with Crippen molar-refractivity contribution < 1.29 is 32.2 Å². The first-order valence-electron chi connectivity index (χ1n) is 9.67. The molecule has 2 aromatic carbocycles. The van der Waals surface area contributed by atoms with Crippen molar-refractivity contribution in [3.8, 4) is 11.5 Å². The molecule has 0 saturated carbocycles. The fraction of sp³-hybridized carbons (Fsp3) is 0.364. The number of nitrogens with zero attached hydrogens (tertiary/aromatic N) is 1. The summed E-state index contributed by atoms with van der Waals surface area (Å²) in [6.45, 7) is 6.90. The fourth-order valence-corrected chi connectivity index (χ4v) is 3.24. The van der Waals surface area contributed by atoms with Gasteiger partial charge in [-0.3, -0.25) is 15.0 Å². The standard InChI is InChI=1S/C22H23F3N2O4/c1-5-15-16(9-10-17-18(15)31-12-30-17)19(28)26-27(21(2,3)4)20(29)13-7-6-8-14(11-13)22(23,24)25/h6-11H,5,12H2,1-4H3,(H,26,28). The molecule has 1 heterocycles. The minimum absolute atomic E-state index is 0.0511. The maximum absolute atomic E-state index is 13.1. The molecule has 3 rings (SSSR count). The predicted octanol–water partition coefficient (Wildman–Crippen LogP) is 4.58. The number of alkyl halides is 3. The minimum Gasteiger partial charge on any atom is -0.454 e. The van der Waals surface area contributed by atoms with Crippen LogP contribution in [0.4, 0.5) is 13.2 Å². The molecule has 0 radical (unpaired) electrons. The van der Waals surface area contributed by atoms with Crippen LogP contribution in [0.3, 0.4) is 0 Å². The van der Waals surface area contributed by atoms with Crippen molar-refractivity contribution in [2.45, 2.75) is 45.8 Å². The van der Waals surface area contributed by atoms with Gasteiger partial charge in [0.05, 0.1) is 11.1 Å². The number of carbonyl (C=O) groups excluding carboxylic acids is 2. The van der Waals surface area contributed by atoms with Crippen LogP contribution in [0.5, 0.6) is 11.5 Å². The number of hydrogen-bond acceptors (Lipinski definition) is 4. The molecule has 6 nitrogen and oxygen atoms in total. The maximum Gasteiger partial charge on any atom is 0.416 e. The molecular formula is C22H23F3N2O4. The summed E-state index contributed by atoms with van der Waals surface area (Å²) >= 11 is 0. The second kappa shape index (κ2) is 8.13. The zero-order valence-electron chi connectivity index (χ0n) is 17.6. The van der Waals surface area contributed by atoms with Crippen molar-refractivity contribution in [2.75, 3.05) is 6.79 Å². The zero-order valence-corrected chi connectivity index (χ0v) is 17.6. The average molecular weight is 436 g/mol. The van der Waals surface area contributed by atoms with Gasteiger partial charge in [0.25, 0.3) is 11.8 Å². The Kier molecular flexibility index (Phi) is 5.89. The highest BCUT2D eigenvalue weighted by molar-refractivity contribution is 6.00. The van der Waals surface area contributed by atoms with Gasteiger partial charge in [-0.1, -0.05) is 13.0 Å². The number of fused-ring (bicyclic) bond motifs is 1. The zero-order chi connectivity index (χ0) is 23.0. The van der Waals surface area contributed by atoms with Gasteiger partial charge in [-0.25, -0.2) is 5.01 Å². The Hall–Kier alpha value is -3.23. The van der Waals surface area contributed by atoms with Gasteiger partial charge in [0.2, 0.25) is 6.79 Å². The first-order valence-corrected chi connectivity index (χ1v) is 9.67. The number of amides is 2. The highest BCUT2D eigenvalue weighted by Crippen LogP contribution is 2.38. The number of hydrogen-bond donors (Lipinski definition) is 1. The first-order chi connectivity index (χ1) is 14.4. The number of rotatable bonds is 3. The SMILES string of the molecule is CCc1c(C(=O)NN(C(=O)c2cccc(C(F)(F)F)c2)C(C)(C)C)ccc2c1OCO2. The average Bonchev–Trinajstić information content (AvgIpc) is 3.18. The van der Waals surface area contributed by atoms with Crippen molar-refractivity contribution in [2.24, 2.45) is 0 Å². The number of hydrazine groups is 1. The lowest BCUT2D eigenvalue weighted by atomic mass is 10.0. The molecule has 0 spiro atoms. The summed E-state index contributed by atoms with van der Waals surface area (Å²) in [6.07, 6.45) is -4.11. The Bertz CT molecular complexity index is 1010. The van der Waals surface area contributed by atoms with E-state index in [2.05, 4.69) is 5.43 Å². The molecule has 9 heteroatoms. The summed E-state index contributed by atoms with van der Waals surface area (Å²) in [5, 5.41) is 1.04. The smallest absolute Gasteiger partial charge is 0.416 e. The third kappa shape index (κ3) is 4.60. The summed E-state index contributed by atoms with van der Waals surface area (Å²) < 4.78 is 50.0. The second-order valence-corrected chi connectivity index (χ2v) is 8.01. The Morgan fingerprint density at radius 2 is 1.81 bits per heavy atom. The molecule has 2 aromatic rings. The Morgan fingerprint density at radius 3 is 2.42 bits per heavy atom. The van der Waals surface area contributed by atoms with Gasteiger partial charge in [0.1, 0.15) is 0 Å². The van der Waals surface area contributed by atoms with Crippen LogP contribution >= 0.6 is 0 Å². The molecule has 0 bridgehead atoms. The molecule has 0 aliphatic carbocycles. The van der Waals surface area contributed by atoms with Gasteiger partial charge in [-0.05, 0) is 57.5 Å². The summed E-state index contributed by atoms with van der Waals surface area (Å²) in [5.41, 5.74) is 1.43. The largest absolute Gasteiger partial charge is 0.454 e. The van der Waals surface area contributed by atoms with E-state index < -0.39 is 29.1 Å². The van der Waals surface area contributed by atoms with Gasteiger partial charge in [0, 0.05) is 16.7 Å². The van der Waals surface area contributed by atoms with E-state index in [1.54, 1.807) is 32.9 Å². The maximum atomic E-state index is 13.1. The van der Waals surface area contributed by atoms with E-state index in [0.29, 0.717) is 23.5 Å². The van der Waals surface area contributed by atoms with Crippen molar-refractivity contribution in [1.29, 1.82) is 0 Å². The summed E-state index contributed by atoms with van der Waals surface area (Å²) in [7, 11) is 0. The molecular weight excluding hydrogens is 413 g/mol. The van der Waals surface area contributed by atoms with E-state index in [4.69, 9.17) is 9.47 Å². The first kappa shape index (κ1) is 22.5. The van der Waals surface area contributed by atoms with E-state index in [-0.39, 0.29) is 17.9 Å². The molecule has 0 saturated heterocycles. The van der Waals surface area contributed by atoms with Gasteiger partial charge in [-0.2, -0.15) is 13.2 Å². The van der Waals surface area contributed by atoms with E-state index in [9.17, 15) is 22.8 Å². The monoisotopic (exact) mass is 436 g/mol. The van der Waals surface area contributed by atoms with E-state index in [1.807, 2.05) is 6.92 Å². The minimum atomic E-state index is -4.59. The number of carbonyl (C=O) groups is 2. The molecule has 166 valence electrons. The Labute approximate surface area is 177 Å². The van der Waals surface area contributed by atoms with E-state index >= 15 is 0 Å². The highest BCUT2D eigenvalue weighted by atomic mass is 19.4. The lowest BCUT2D eigenvalue weighted by Crippen LogP contribution is -2.56. The topological polar surface area (TPSA) is 67.9 Å². The molecule has 1 N–H and O–H groups in total. The van der Waals surface area contributed by atoms with Crippen LogP contribution in [0.2, 0.25) is 0 Å². The van der Waals surface area contributed by atoms with Crippen LogP contribution in [-0.2, 0) is 12.6 Å². The molecule has 2 amide bonds. The van der Waals surface area contributed by atoms with Crippen LogP contribution in [0.15, 0.2) is 36.4 Å². The molecule has 31 heavy (non-hydrogen) atoms. The van der Waals surface area contributed by atoms with Crippen LogP contribution in [0.25, 0.3) is 0 Å². The second-order valence-electron chi connectivity index (χ2n) is 8.01. The summed E-state index contributed by atoms with van der Waals surface area (Å²) in [4.78, 5) is 26.1. The van der Waals surface area contributed by atoms with Gasteiger partial charge < -0.3 is 9.47 Å². The van der Waals surface area contributed by atoms with Crippen LogP contribution in [-0.4, -0.2) is 29.2 Å². The van der Waals surface area contributed by atoms with Crippen LogP contribution in [0, 0.1) is 0 Å². The number of ether oxygens (including phenoxy) is 2. The molecule has 0 unspecified atom stereocenters. The van der Waals surface area contributed by atoms with Gasteiger partial charge in [-0.15, -0.1) is 0 Å². The fourth-order valence-electron chi connectivity index (χ4n) is 3.24. The third-order valence-corrected chi connectivity index (χ3v) is 4.76. The van der Waals surface area contributed by atoms with Crippen molar-refractivity contribution in [3.05, 3.63) is 58.7 Å². The lowest BCUT2D eigenvalue weighted by Gasteiger charge is -2.35. The predicted molar refractivity (Wildman–Crippen MR) is 107 cm³/mol. The molecule has 0 aromatic heterocycles. The third-order valence-electron chi connectivity index (χ3n) is 4.76. The summed E-state index contributed by atoms with van der Waals surface area (Å²) in [5.74, 6) is -0.334. The lowest BCUT2D eigenvalue weighted by molar-refractivity contribution is -0.137. The van der Waals surface area contributed by atoms with Crippen molar-refractivity contribution in [3.63, 3.8) is 0 Å². The molecule has 0 fully saturated rings. The van der Waals surface area contributed by atoms with Crippen LogP contribution in [0.1, 0.15) is 59.5 Å². The van der Waals surface area contributed by atoms with Crippen LogP contribution < -0.4 is 14.9 Å². The Balaban J connectivity index is 1.93. The number of halogens is 3. The number of nitrogens with one attached hydrogen (secondary N) is 1. The normalized spacial score (nSPS) is 13.1. The van der Waals surface area contributed by atoms with Crippen molar-refractivity contribution in [1.82, 2.24) is 10.4 Å². The van der Waals surface area contributed by atoms with E-state index in [0.717, 1.165) is 23.2 Å². The quantitative estimate of drug-likeness (QED) is 0.715. The number of benzene rings is 2. The molecule has 1 aliphatic heterocycles. The molecule has 0 atom stereocenters. The van der Waals surface area contributed by atoms with Crippen molar-refractivity contribution >= 4 is 11.8 Å².